The Balaban J connectivity index is 1.40. The molecular formula is C21H16ClN5O2S. The molecule has 9 heteroatoms. The number of thiazole rings is 1. The Bertz CT molecular complexity index is 1150. The van der Waals surface area contributed by atoms with Crippen LogP contribution in [0.3, 0.4) is 0 Å². The van der Waals surface area contributed by atoms with Crippen molar-refractivity contribution in [1.29, 1.82) is 0 Å². The zero-order valence-corrected chi connectivity index (χ0v) is 17.4. The van der Waals surface area contributed by atoms with Gasteiger partial charge in [0.2, 0.25) is 0 Å². The topological polar surface area (TPSA) is 89.9 Å². The predicted molar refractivity (Wildman–Crippen MR) is 116 cm³/mol. The number of carbonyl (C=O) groups is 1. The van der Waals surface area contributed by atoms with Gasteiger partial charge < -0.3 is 10.1 Å². The fourth-order valence-electron chi connectivity index (χ4n) is 2.62. The van der Waals surface area contributed by atoms with E-state index >= 15 is 0 Å². The molecule has 0 unspecified atom stereocenters. The van der Waals surface area contributed by atoms with E-state index < -0.39 is 0 Å². The molecule has 0 fully saturated rings. The third kappa shape index (κ3) is 4.79. The standard InChI is InChI=1S/C21H16ClN5O2S/c1-13-20(30-19(24-13)12-29-15-7-5-14(22)6-8-15)21(28)25-18-10-9-17(26-27-18)16-4-2-3-11-23-16/h2-11H,12H2,1H3,(H,25,27,28). The lowest BCUT2D eigenvalue weighted by Gasteiger charge is -2.04. The van der Waals surface area contributed by atoms with Gasteiger partial charge in [0.1, 0.15) is 27.9 Å². The fourth-order valence-corrected chi connectivity index (χ4v) is 3.62. The fraction of sp³-hybridized carbons (Fsp3) is 0.0952. The molecular weight excluding hydrogens is 422 g/mol. The summed E-state index contributed by atoms with van der Waals surface area (Å²) in [5, 5.41) is 12.3. The van der Waals surface area contributed by atoms with Gasteiger partial charge in [0.25, 0.3) is 5.91 Å². The maximum Gasteiger partial charge on any atom is 0.268 e. The highest BCUT2D eigenvalue weighted by Crippen LogP contribution is 2.22. The number of amides is 1. The zero-order valence-electron chi connectivity index (χ0n) is 15.9. The summed E-state index contributed by atoms with van der Waals surface area (Å²) in [6, 6.07) is 16.1. The number of anilines is 1. The number of hydrogen-bond acceptors (Lipinski definition) is 7. The lowest BCUT2D eigenvalue weighted by Crippen LogP contribution is -2.13. The van der Waals surface area contributed by atoms with Gasteiger partial charge in [-0.3, -0.25) is 9.78 Å². The van der Waals surface area contributed by atoms with Gasteiger partial charge in [-0.05, 0) is 55.5 Å². The third-order valence-electron chi connectivity index (χ3n) is 4.06. The molecule has 0 aliphatic heterocycles. The van der Waals surface area contributed by atoms with Crippen molar-refractivity contribution in [3.63, 3.8) is 0 Å². The van der Waals surface area contributed by atoms with Crippen molar-refractivity contribution < 1.29 is 9.53 Å². The number of benzene rings is 1. The molecule has 0 bridgehead atoms. The highest BCUT2D eigenvalue weighted by molar-refractivity contribution is 7.13. The second-order valence-corrected chi connectivity index (χ2v) is 7.76. The van der Waals surface area contributed by atoms with E-state index in [0.717, 1.165) is 0 Å². The Kier molecular flexibility index (Phi) is 5.97. The van der Waals surface area contributed by atoms with Crippen LogP contribution in [0.5, 0.6) is 5.75 Å². The first kappa shape index (κ1) is 19.9. The van der Waals surface area contributed by atoms with Gasteiger partial charge in [-0.1, -0.05) is 17.7 Å². The number of carbonyl (C=O) groups excluding carboxylic acids is 1. The Morgan fingerprint density at radius 1 is 1.07 bits per heavy atom. The SMILES string of the molecule is Cc1nc(COc2ccc(Cl)cc2)sc1C(=O)Nc1ccc(-c2ccccn2)nn1. The van der Waals surface area contributed by atoms with Crippen molar-refractivity contribution in [2.45, 2.75) is 13.5 Å². The van der Waals surface area contributed by atoms with Crippen molar-refractivity contribution >= 4 is 34.7 Å². The van der Waals surface area contributed by atoms with E-state index in [1.165, 1.54) is 11.3 Å². The number of aromatic nitrogens is 4. The van der Waals surface area contributed by atoms with Crippen molar-refractivity contribution in [3.8, 4) is 17.1 Å². The van der Waals surface area contributed by atoms with Crippen molar-refractivity contribution in [3.05, 3.63) is 81.4 Å². The highest BCUT2D eigenvalue weighted by Gasteiger charge is 2.16. The van der Waals surface area contributed by atoms with E-state index in [4.69, 9.17) is 16.3 Å². The summed E-state index contributed by atoms with van der Waals surface area (Å²) in [5.41, 5.74) is 1.97. The van der Waals surface area contributed by atoms with Crippen LogP contribution in [0, 0.1) is 6.92 Å². The maximum atomic E-state index is 12.6. The van der Waals surface area contributed by atoms with Crippen LogP contribution in [0.1, 0.15) is 20.4 Å². The van der Waals surface area contributed by atoms with E-state index in [9.17, 15) is 4.79 Å². The molecule has 150 valence electrons. The number of rotatable bonds is 6. The molecule has 30 heavy (non-hydrogen) atoms. The summed E-state index contributed by atoms with van der Waals surface area (Å²) >= 11 is 7.15. The minimum Gasteiger partial charge on any atom is -0.486 e. The van der Waals surface area contributed by atoms with Gasteiger partial charge in [0.05, 0.1) is 11.4 Å². The summed E-state index contributed by atoms with van der Waals surface area (Å²) in [6.07, 6.45) is 1.69. The largest absolute Gasteiger partial charge is 0.486 e. The number of nitrogens with zero attached hydrogens (tertiary/aromatic N) is 4. The maximum absolute atomic E-state index is 12.6. The third-order valence-corrected chi connectivity index (χ3v) is 5.44. The van der Waals surface area contributed by atoms with Crippen molar-refractivity contribution in [2.75, 3.05) is 5.32 Å². The molecule has 0 spiro atoms. The predicted octanol–water partition coefficient (Wildman–Crippen LogP) is 4.79. The van der Waals surface area contributed by atoms with Crippen LogP contribution < -0.4 is 10.1 Å². The molecule has 0 aliphatic carbocycles. The second kappa shape index (κ2) is 8.98. The normalized spacial score (nSPS) is 10.6. The summed E-state index contributed by atoms with van der Waals surface area (Å²) in [5.74, 6) is 0.746. The molecule has 4 aromatic rings. The minimum absolute atomic E-state index is 0.263. The monoisotopic (exact) mass is 437 g/mol. The van der Waals surface area contributed by atoms with Gasteiger partial charge in [-0.2, -0.15) is 0 Å². The van der Waals surface area contributed by atoms with Crippen LogP contribution in [-0.4, -0.2) is 26.1 Å². The van der Waals surface area contributed by atoms with Crippen LogP contribution >= 0.6 is 22.9 Å². The zero-order chi connectivity index (χ0) is 20.9. The molecule has 0 atom stereocenters. The number of nitrogens with one attached hydrogen (secondary N) is 1. The first-order chi connectivity index (χ1) is 14.6. The molecule has 7 nitrogen and oxygen atoms in total. The molecule has 1 aromatic carbocycles. The average Bonchev–Trinajstić information content (AvgIpc) is 3.15. The molecule has 3 aromatic heterocycles. The smallest absolute Gasteiger partial charge is 0.268 e. The van der Waals surface area contributed by atoms with E-state index in [1.54, 1.807) is 49.5 Å². The van der Waals surface area contributed by atoms with Gasteiger partial charge in [-0.25, -0.2) is 4.98 Å². The number of halogens is 1. The van der Waals surface area contributed by atoms with Crippen LogP contribution in [0.15, 0.2) is 60.8 Å². The van der Waals surface area contributed by atoms with E-state index in [-0.39, 0.29) is 12.5 Å². The molecule has 0 aliphatic rings. The van der Waals surface area contributed by atoms with Gasteiger partial charge in [0, 0.05) is 11.2 Å². The van der Waals surface area contributed by atoms with Gasteiger partial charge in [-0.15, -0.1) is 21.5 Å². The molecule has 0 radical (unpaired) electrons. The summed E-state index contributed by atoms with van der Waals surface area (Å²) < 4.78 is 5.70. The molecule has 3 heterocycles. The first-order valence-electron chi connectivity index (χ1n) is 8.99. The highest BCUT2D eigenvalue weighted by atomic mass is 35.5. The number of hydrogen-bond donors (Lipinski definition) is 1. The lowest BCUT2D eigenvalue weighted by molar-refractivity contribution is 0.102. The Morgan fingerprint density at radius 2 is 1.90 bits per heavy atom. The van der Waals surface area contributed by atoms with Crippen molar-refractivity contribution in [2.24, 2.45) is 0 Å². The summed E-state index contributed by atoms with van der Waals surface area (Å²) in [4.78, 5) is 21.8. The lowest BCUT2D eigenvalue weighted by atomic mass is 10.2. The number of ether oxygens (including phenoxy) is 1. The minimum atomic E-state index is -0.289. The summed E-state index contributed by atoms with van der Waals surface area (Å²) in [6.45, 7) is 2.05. The van der Waals surface area contributed by atoms with Crippen molar-refractivity contribution in [1.82, 2.24) is 20.2 Å². The summed E-state index contributed by atoms with van der Waals surface area (Å²) in [7, 11) is 0. The first-order valence-corrected chi connectivity index (χ1v) is 10.2. The second-order valence-electron chi connectivity index (χ2n) is 6.24. The van der Waals surface area contributed by atoms with Gasteiger partial charge in [0.15, 0.2) is 5.82 Å². The Hall–Kier alpha value is -3.36. The quantitative estimate of drug-likeness (QED) is 0.466. The van der Waals surface area contributed by atoms with Crippen LogP contribution in [0.2, 0.25) is 5.02 Å². The van der Waals surface area contributed by atoms with Crippen LogP contribution in [0.4, 0.5) is 5.82 Å². The molecule has 1 amide bonds. The Labute approximate surface area is 181 Å². The Morgan fingerprint density at radius 3 is 2.60 bits per heavy atom. The van der Waals surface area contributed by atoms with E-state index in [2.05, 4.69) is 25.5 Å². The molecule has 0 saturated heterocycles. The van der Waals surface area contributed by atoms with E-state index in [1.807, 2.05) is 18.2 Å². The van der Waals surface area contributed by atoms with Crippen LogP contribution in [-0.2, 0) is 6.61 Å². The molecule has 0 saturated carbocycles. The molecule has 4 rings (SSSR count). The number of pyridine rings is 1. The van der Waals surface area contributed by atoms with Gasteiger partial charge >= 0.3 is 0 Å². The average molecular weight is 438 g/mol. The van der Waals surface area contributed by atoms with E-state index in [0.29, 0.717) is 43.6 Å². The molecule has 1 N–H and O–H groups in total. The number of aryl methyl sites for hydroxylation is 1. The van der Waals surface area contributed by atoms with Crippen LogP contribution in [0.25, 0.3) is 11.4 Å².